The van der Waals surface area contributed by atoms with Crippen LogP contribution in [0.4, 0.5) is 0 Å². The number of hydrogen-bond acceptors (Lipinski definition) is 0. The molecule has 0 nitrogen and oxygen atoms in total. The summed E-state index contributed by atoms with van der Waals surface area (Å²) < 4.78 is 1.43. The predicted octanol–water partition coefficient (Wildman–Crippen LogP) is 7.29. The van der Waals surface area contributed by atoms with Gasteiger partial charge in [-0.05, 0) is 0 Å². The second-order valence-electron chi connectivity index (χ2n) is 10.7. The molecule has 0 saturated heterocycles. The first-order chi connectivity index (χ1) is 17.9. The van der Waals surface area contributed by atoms with Crippen molar-refractivity contribution < 1.29 is 17.9 Å². The van der Waals surface area contributed by atoms with Crippen LogP contribution >= 0.6 is 17.0 Å². The van der Waals surface area contributed by atoms with Crippen molar-refractivity contribution in [3.05, 3.63) is 107 Å². The zero-order valence-corrected chi connectivity index (χ0v) is 27.1. The molecule has 0 bridgehead atoms. The first kappa shape index (κ1) is 25.6. The van der Waals surface area contributed by atoms with Gasteiger partial charge in [0.2, 0.25) is 0 Å². The molecule has 0 N–H and O–H groups in total. The number of hydrogen-bond donors (Lipinski definition) is 0. The number of rotatable bonds is 6. The normalized spacial score (nSPS) is 16.6. The van der Waals surface area contributed by atoms with E-state index in [0.717, 1.165) is 12.8 Å². The van der Waals surface area contributed by atoms with Crippen molar-refractivity contribution in [2.45, 2.75) is 37.2 Å². The fraction of sp³-hybridized carbons (Fsp3) is 0.212. The summed E-state index contributed by atoms with van der Waals surface area (Å²) in [6.07, 6.45) is 4.65. The molecule has 37 heavy (non-hydrogen) atoms. The number of aryl methyl sites for hydroxylation is 1. The predicted molar refractivity (Wildman–Crippen MR) is 162 cm³/mol. The number of fused-ring (bicyclic) bond motifs is 4. The van der Waals surface area contributed by atoms with Gasteiger partial charge >= 0.3 is 237 Å². The minimum absolute atomic E-state index is 0.120. The molecular weight excluding hydrogens is 587 g/mol. The minimum atomic E-state index is -3.95. The molecule has 2 aliphatic rings. The molecule has 1 aliphatic carbocycles. The van der Waals surface area contributed by atoms with Gasteiger partial charge in [-0.3, -0.25) is 0 Å². The average Bonchev–Trinajstić information content (AvgIpc) is 3.48. The van der Waals surface area contributed by atoms with Gasteiger partial charge in [-0.2, -0.15) is 0 Å². The Morgan fingerprint density at radius 3 is 2.32 bits per heavy atom. The van der Waals surface area contributed by atoms with E-state index in [1.165, 1.54) is 58.2 Å². The van der Waals surface area contributed by atoms with E-state index < -0.39 is 27.4 Å². The fourth-order valence-electron chi connectivity index (χ4n) is 6.47. The van der Waals surface area contributed by atoms with Crippen molar-refractivity contribution in [2.75, 3.05) is 0 Å². The number of halogens is 2. The van der Waals surface area contributed by atoms with Gasteiger partial charge in [-0.15, -0.1) is 0 Å². The zero-order valence-electron chi connectivity index (χ0n) is 21.7. The second kappa shape index (κ2) is 10.1. The Kier molecular flexibility index (Phi) is 7.00. The Bertz CT molecular complexity index is 1520. The summed E-state index contributed by atoms with van der Waals surface area (Å²) in [6.45, 7) is 6.86. The molecule has 0 amide bonds. The molecule has 0 radical (unpaired) electrons. The maximum absolute atomic E-state index is 7.82. The number of allylic oxidation sites excluding steroid dienone is 1. The van der Waals surface area contributed by atoms with Gasteiger partial charge in [0.15, 0.2) is 0 Å². The molecule has 6 rings (SSSR count). The number of benzene rings is 4. The monoisotopic (exact) mass is 616 g/mol. The molecule has 4 heteroatoms. The van der Waals surface area contributed by atoms with Crippen molar-refractivity contribution in [1.29, 1.82) is 0 Å². The van der Waals surface area contributed by atoms with Crippen LogP contribution in [-0.4, -0.2) is 9.52 Å². The van der Waals surface area contributed by atoms with E-state index in [2.05, 4.69) is 112 Å². The van der Waals surface area contributed by atoms with E-state index in [4.69, 9.17) is 17.0 Å². The SMILES string of the molecule is CCCc1ccc2c(c1-c1ccccc1)C=C(C(C)C)[CH]2[Zr]([Cl])([Cl])[c]1cccc2c1[SiH2]c1ccccc1-2. The maximum atomic E-state index is 7.82. The van der Waals surface area contributed by atoms with Gasteiger partial charge in [0.25, 0.3) is 0 Å². The third-order valence-electron chi connectivity index (χ3n) is 8.14. The standard InChI is InChI=1S/C21H23.C12H9Si.2ClH.Zr/c1-4-8-16-11-12-18-13-19(15(2)3)14-20(18)21(16)17-9-6-5-7-10-17;1-3-7-11-9(5-1)10-6-2-4-8-12(10)13-11;;;/h5-7,9-15H,4,8H2,1-3H3;1-7H,13H2;2*1H;/q;;;;+2/p-2. The molecule has 0 spiro atoms. The Labute approximate surface area is 235 Å². The summed E-state index contributed by atoms with van der Waals surface area (Å²) in [7, 11) is 15.0. The molecule has 4 aromatic carbocycles. The summed E-state index contributed by atoms with van der Waals surface area (Å²) in [5.74, 6) is 0.385. The summed E-state index contributed by atoms with van der Waals surface area (Å²) in [5, 5.41) is 3.01. The van der Waals surface area contributed by atoms with Gasteiger partial charge in [-0.25, -0.2) is 0 Å². The van der Waals surface area contributed by atoms with Gasteiger partial charge < -0.3 is 0 Å². The van der Waals surface area contributed by atoms with E-state index in [1.807, 2.05) is 0 Å². The second-order valence-corrected chi connectivity index (χ2v) is 26.6. The Morgan fingerprint density at radius 1 is 0.838 bits per heavy atom. The van der Waals surface area contributed by atoms with Gasteiger partial charge in [0.05, 0.1) is 0 Å². The summed E-state index contributed by atoms with van der Waals surface area (Å²) >= 11 is -3.95. The van der Waals surface area contributed by atoms with Crippen molar-refractivity contribution in [1.82, 2.24) is 0 Å². The van der Waals surface area contributed by atoms with Crippen LogP contribution in [0, 0.1) is 5.92 Å². The van der Waals surface area contributed by atoms with E-state index in [-0.39, 0.29) is 3.63 Å². The van der Waals surface area contributed by atoms with Crippen LogP contribution in [-0.2, 0) is 24.3 Å². The van der Waals surface area contributed by atoms with Gasteiger partial charge in [0.1, 0.15) is 0 Å². The molecule has 1 heterocycles. The Balaban J connectivity index is 1.54. The Hall–Kier alpha value is -1.70. The molecule has 0 saturated carbocycles. The van der Waals surface area contributed by atoms with Crippen molar-refractivity contribution in [2.24, 2.45) is 5.92 Å². The summed E-state index contributed by atoms with van der Waals surface area (Å²) in [4.78, 5) is 0. The van der Waals surface area contributed by atoms with Crippen LogP contribution in [0.25, 0.3) is 28.3 Å². The van der Waals surface area contributed by atoms with Crippen molar-refractivity contribution >= 4 is 46.3 Å². The topological polar surface area (TPSA) is 0 Å². The molecule has 1 unspecified atom stereocenters. The third-order valence-corrected chi connectivity index (χ3v) is 22.4. The summed E-state index contributed by atoms with van der Waals surface area (Å²) in [6, 6.07) is 31.2. The Morgan fingerprint density at radius 2 is 1.57 bits per heavy atom. The molecule has 1 atom stereocenters. The molecule has 4 aromatic rings. The molecule has 0 fully saturated rings. The van der Waals surface area contributed by atoms with Crippen LogP contribution in [0.1, 0.15) is 47.5 Å². The van der Waals surface area contributed by atoms with E-state index in [1.54, 1.807) is 0 Å². The van der Waals surface area contributed by atoms with Gasteiger partial charge in [0, 0.05) is 0 Å². The van der Waals surface area contributed by atoms with Crippen LogP contribution in [0.2, 0.25) is 0 Å². The molecule has 1 aliphatic heterocycles. The first-order valence-corrected chi connectivity index (χ1v) is 23.8. The van der Waals surface area contributed by atoms with E-state index in [9.17, 15) is 0 Å². The molecular formula is C33H32Cl2SiZr. The van der Waals surface area contributed by atoms with E-state index >= 15 is 0 Å². The van der Waals surface area contributed by atoms with Crippen LogP contribution in [0.15, 0.2) is 90.5 Å². The van der Waals surface area contributed by atoms with E-state index in [0.29, 0.717) is 5.92 Å². The quantitative estimate of drug-likeness (QED) is 0.176. The molecule has 186 valence electrons. The zero-order chi connectivity index (χ0) is 25.7. The summed E-state index contributed by atoms with van der Waals surface area (Å²) in [5.41, 5.74) is 11.0. The van der Waals surface area contributed by atoms with Crippen molar-refractivity contribution in [3.63, 3.8) is 0 Å². The average molecular weight is 619 g/mol. The third kappa shape index (κ3) is 4.29. The van der Waals surface area contributed by atoms with Crippen LogP contribution < -0.4 is 13.6 Å². The van der Waals surface area contributed by atoms with Gasteiger partial charge in [-0.1, -0.05) is 0 Å². The van der Waals surface area contributed by atoms with Crippen molar-refractivity contribution in [3.8, 4) is 22.3 Å². The first-order valence-electron chi connectivity index (χ1n) is 13.4. The molecule has 0 aromatic heterocycles. The fourth-order valence-corrected chi connectivity index (χ4v) is 23.5. The van der Waals surface area contributed by atoms with Crippen LogP contribution in [0.5, 0.6) is 0 Å². The van der Waals surface area contributed by atoms with Crippen LogP contribution in [0.3, 0.4) is 0 Å².